The molecule has 1 aromatic rings. The second-order valence-corrected chi connectivity index (χ2v) is 9.08. The first kappa shape index (κ1) is 19.1. The van der Waals surface area contributed by atoms with E-state index in [2.05, 4.69) is 46.3 Å². The number of benzene rings is 1. The lowest BCUT2D eigenvalue weighted by atomic mass is 9.88. The number of rotatable bonds is 5. The largest absolute Gasteiger partial charge is 0.352 e. The summed E-state index contributed by atoms with van der Waals surface area (Å²) in [6, 6.07) is 10.5. The van der Waals surface area contributed by atoms with Crippen molar-refractivity contribution in [2.24, 2.45) is 5.92 Å². The summed E-state index contributed by atoms with van der Waals surface area (Å²) in [6.07, 6.45) is 15.6. The lowest BCUT2D eigenvalue weighted by molar-refractivity contribution is 0.295. The fourth-order valence-electron chi connectivity index (χ4n) is 5.56. The number of nitrogens with zero attached hydrogens (tertiary/aromatic N) is 2. The quantitative estimate of drug-likeness (QED) is 0.734. The maximum absolute atomic E-state index is 3.96. The van der Waals surface area contributed by atoms with Gasteiger partial charge in [0.2, 0.25) is 0 Å². The van der Waals surface area contributed by atoms with Crippen molar-refractivity contribution in [1.82, 2.24) is 5.32 Å². The Kier molecular flexibility index (Phi) is 6.60. The number of para-hydroxylation sites is 2. The van der Waals surface area contributed by atoms with Gasteiger partial charge in [0.1, 0.15) is 0 Å². The summed E-state index contributed by atoms with van der Waals surface area (Å²) in [4.78, 5) is 5.21. The van der Waals surface area contributed by atoms with E-state index >= 15 is 0 Å². The highest BCUT2D eigenvalue weighted by molar-refractivity contribution is 5.76. The van der Waals surface area contributed by atoms with Gasteiger partial charge in [-0.3, -0.25) is 0 Å². The molecule has 3 aliphatic rings. The summed E-state index contributed by atoms with van der Waals surface area (Å²) < 4.78 is 0. The molecule has 0 bridgehead atoms. The van der Waals surface area contributed by atoms with Crippen molar-refractivity contribution in [3.63, 3.8) is 0 Å². The van der Waals surface area contributed by atoms with E-state index in [1.807, 2.05) is 0 Å². The highest BCUT2D eigenvalue weighted by Gasteiger charge is 2.32. The van der Waals surface area contributed by atoms with Gasteiger partial charge in [0.15, 0.2) is 0 Å². The topological polar surface area (TPSA) is 18.5 Å². The molecule has 0 unspecified atom stereocenters. The van der Waals surface area contributed by atoms with Crippen LogP contribution in [-0.2, 0) is 0 Å². The van der Waals surface area contributed by atoms with Gasteiger partial charge in [-0.1, -0.05) is 44.2 Å². The van der Waals surface area contributed by atoms with Gasteiger partial charge in [-0.05, 0) is 70.0 Å². The van der Waals surface area contributed by atoms with E-state index in [4.69, 9.17) is 0 Å². The van der Waals surface area contributed by atoms with Crippen LogP contribution in [0.25, 0.3) is 0 Å². The van der Waals surface area contributed by atoms with Crippen LogP contribution in [0.1, 0.15) is 77.6 Å². The highest BCUT2D eigenvalue weighted by Crippen LogP contribution is 2.39. The third kappa shape index (κ3) is 4.62. The smallest absolute Gasteiger partial charge is 0.0906 e. The standard InChI is InChI=1S/C24H39N3/c1-2-26-19-27(24-13-9-8-12-23(24)26)22-16-14-21(15-17-22)25-18-20-10-6-4-3-5-7-11-20/h8-9,12-13,20-22,25H,2-7,10-11,14-19H2,1H3. The van der Waals surface area contributed by atoms with Crippen molar-refractivity contribution in [3.05, 3.63) is 24.3 Å². The van der Waals surface area contributed by atoms with Crippen LogP contribution in [0.5, 0.6) is 0 Å². The Morgan fingerprint density at radius 2 is 1.52 bits per heavy atom. The van der Waals surface area contributed by atoms with Gasteiger partial charge in [0.05, 0.1) is 18.0 Å². The fourth-order valence-corrected chi connectivity index (χ4v) is 5.56. The van der Waals surface area contributed by atoms with E-state index in [-0.39, 0.29) is 0 Å². The second-order valence-electron chi connectivity index (χ2n) is 9.08. The molecule has 2 aliphatic carbocycles. The number of anilines is 2. The number of nitrogens with one attached hydrogen (secondary N) is 1. The molecule has 0 saturated heterocycles. The fraction of sp³-hybridized carbons (Fsp3) is 0.750. The van der Waals surface area contributed by atoms with Crippen LogP contribution < -0.4 is 15.1 Å². The molecule has 1 aromatic carbocycles. The monoisotopic (exact) mass is 369 g/mol. The third-order valence-corrected chi connectivity index (χ3v) is 7.29. The molecule has 27 heavy (non-hydrogen) atoms. The Hall–Kier alpha value is -1.22. The van der Waals surface area contributed by atoms with Gasteiger partial charge >= 0.3 is 0 Å². The lowest BCUT2D eigenvalue weighted by Crippen LogP contribution is -2.44. The van der Waals surface area contributed by atoms with Crippen LogP contribution in [-0.4, -0.2) is 31.8 Å². The van der Waals surface area contributed by atoms with Gasteiger partial charge in [-0.15, -0.1) is 0 Å². The lowest BCUT2D eigenvalue weighted by Gasteiger charge is -2.37. The normalized spacial score (nSPS) is 27.3. The van der Waals surface area contributed by atoms with E-state index in [9.17, 15) is 0 Å². The first-order valence-electron chi connectivity index (χ1n) is 11.7. The number of hydrogen-bond acceptors (Lipinski definition) is 3. The summed E-state index contributed by atoms with van der Waals surface area (Å²) in [7, 11) is 0. The van der Waals surface area contributed by atoms with Crippen LogP contribution >= 0.6 is 0 Å². The zero-order valence-electron chi connectivity index (χ0n) is 17.3. The summed E-state index contributed by atoms with van der Waals surface area (Å²) in [5, 5.41) is 3.96. The van der Waals surface area contributed by atoms with Gasteiger partial charge in [-0.25, -0.2) is 0 Å². The first-order chi connectivity index (χ1) is 13.3. The minimum absolute atomic E-state index is 0.724. The zero-order valence-corrected chi connectivity index (χ0v) is 17.3. The Labute approximate surface area is 166 Å². The summed E-state index contributed by atoms with van der Waals surface area (Å²) in [6.45, 7) is 5.73. The molecule has 0 amide bonds. The maximum atomic E-state index is 3.96. The van der Waals surface area contributed by atoms with Crippen molar-refractivity contribution < 1.29 is 0 Å². The molecule has 0 aromatic heterocycles. The average Bonchev–Trinajstić information content (AvgIpc) is 3.06. The van der Waals surface area contributed by atoms with Gasteiger partial charge < -0.3 is 15.1 Å². The van der Waals surface area contributed by atoms with E-state index in [0.717, 1.165) is 31.2 Å². The Bertz CT molecular complexity index is 571. The molecule has 1 heterocycles. The molecule has 1 N–H and O–H groups in total. The van der Waals surface area contributed by atoms with Crippen LogP contribution in [0, 0.1) is 5.92 Å². The molecular formula is C24H39N3. The molecule has 150 valence electrons. The SMILES string of the molecule is CCN1CN(C2CCC(NCC3CCCCCCC3)CC2)c2ccccc21. The molecule has 4 rings (SSSR count). The van der Waals surface area contributed by atoms with Crippen molar-refractivity contribution >= 4 is 11.4 Å². The number of hydrogen-bond donors (Lipinski definition) is 1. The van der Waals surface area contributed by atoms with Crippen LogP contribution in [0.2, 0.25) is 0 Å². The Morgan fingerprint density at radius 1 is 0.852 bits per heavy atom. The summed E-state index contributed by atoms with van der Waals surface area (Å²) in [5.74, 6) is 0.937. The molecule has 0 spiro atoms. The summed E-state index contributed by atoms with van der Waals surface area (Å²) >= 11 is 0. The molecule has 2 saturated carbocycles. The molecule has 0 radical (unpaired) electrons. The third-order valence-electron chi connectivity index (χ3n) is 7.29. The van der Waals surface area contributed by atoms with E-state index in [0.29, 0.717) is 0 Å². The second kappa shape index (κ2) is 9.32. The molecule has 3 heteroatoms. The zero-order chi connectivity index (χ0) is 18.5. The van der Waals surface area contributed by atoms with Gasteiger partial charge in [-0.2, -0.15) is 0 Å². The van der Waals surface area contributed by atoms with Crippen LogP contribution in [0.3, 0.4) is 0 Å². The highest BCUT2D eigenvalue weighted by atomic mass is 15.4. The van der Waals surface area contributed by atoms with Gasteiger partial charge in [0.25, 0.3) is 0 Å². The average molecular weight is 370 g/mol. The molecule has 0 atom stereocenters. The van der Waals surface area contributed by atoms with Crippen molar-refractivity contribution in [1.29, 1.82) is 0 Å². The van der Waals surface area contributed by atoms with Crippen LogP contribution in [0.4, 0.5) is 11.4 Å². The maximum Gasteiger partial charge on any atom is 0.0906 e. The van der Waals surface area contributed by atoms with Crippen molar-refractivity contribution in [2.75, 3.05) is 29.6 Å². The first-order valence-corrected chi connectivity index (χ1v) is 11.7. The molecule has 2 fully saturated rings. The Balaban J connectivity index is 1.26. The number of fused-ring (bicyclic) bond motifs is 1. The Morgan fingerprint density at radius 3 is 2.22 bits per heavy atom. The minimum atomic E-state index is 0.724. The molecule has 1 aliphatic heterocycles. The van der Waals surface area contributed by atoms with E-state index in [1.165, 1.54) is 88.5 Å². The molecule has 3 nitrogen and oxygen atoms in total. The van der Waals surface area contributed by atoms with E-state index in [1.54, 1.807) is 0 Å². The van der Waals surface area contributed by atoms with E-state index < -0.39 is 0 Å². The predicted octanol–water partition coefficient (Wildman–Crippen LogP) is 5.55. The molecular weight excluding hydrogens is 330 g/mol. The van der Waals surface area contributed by atoms with Crippen LogP contribution in [0.15, 0.2) is 24.3 Å². The minimum Gasteiger partial charge on any atom is -0.352 e. The summed E-state index contributed by atoms with van der Waals surface area (Å²) in [5.41, 5.74) is 2.90. The van der Waals surface area contributed by atoms with Crippen molar-refractivity contribution in [3.8, 4) is 0 Å². The van der Waals surface area contributed by atoms with Crippen molar-refractivity contribution in [2.45, 2.75) is 89.6 Å². The predicted molar refractivity (Wildman–Crippen MR) is 117 cm³/mol. The van der Waals surface area contributed by atoms with Gasteiger partial charge in [0, 0.05) is 18.6 Å².